The van der Waals surface area contributed by atoms with Crippen molar-refractivity contribution >= 4 is 23.4 Å². The average Bonchev–Trinajstić information content (AvgIpc) is 2.67. The molecule has 1 unspecified atom stereocenters. The fourth-order valence-corrected chi connectivity index (χ4v) is 3.17. The van der Waals surface area contributed by atoms with Crippen molar-refractivity contribution in [2.75, 3.05) is 13.6 Å². The minimum absolute atomic E-state index is 0.0931. The lowest BCUT2D eigenvalue weighted by molar-refractivity contribution is -0.140. The molecule has 5 heteroatoms. The molecular formula is C21H25ClN2O2. The molecule has 0 aliphatic heterocycles. The normalized spacial score (nSPS) is 11.7. The minimum atomic E-state index is -0.487. The highest BCUT2D eigenvalue weighted by atomic mass is 35.5. The first-order valence-corrected chi connectivity index (χ1v) is 9.23. The third-order valence-corrected chi connectivity index (χ3v) is 4.78. The number of nitrogens with zero attached hydrogens (tertiary/aromatic N) is 1. The highest BCUT2D eigenvalue weighted by Crippen LogP contribution is 2.18. The molecule has 26 heavy (non-hydrogen) atoms. The van der Waals surface area contributed by atoms with Crippen LogP contribution in [0.5, 0.6) is 0 Å². The standard InChI is InChI=1S/C21H25ClN2O2/c1-3-19(21(26)23-2)24(14-13-16-9-5-4-6-10-16)20(25)15-17-11-7-8-12-18(17)22/h4-12,19H,3,13-15H2,1-2H3,(H,23,26). The molecule has 1 N–H and O–H groups in total. The Hall–Kier alpha value is -2.33. The number of halogens is 1. The summed E-state index contributed by atoms with van der Waals surface area (Å²) in [6, 6.07) is 16.8. The van der Waals surface area contributed by atoms with Gasteiger partial charge in [0.15, 0.2) is 0 Å². The van der Waals surface area contributed by atoms with Gasteiger partial charge in [-0.15, -0.1) is 0 Å². The average molecular weight is 373 g/mol. The molecule has 0 saturated carbocycles. The second-order valence-corrected chi connectivity index (χ2v) is 6.54. The fraction of sp³-hybridized carbons (Fsp3) is 0.333. The van der Waals surface area contributed by atoms with Crippen molar-refractivity contribution in [2.24, 2.45) is 0 Å². The molecule has 138 valence electrons. The van der Waals surface area contributed by atoms with Crippen LogP contribution in [0.2, 0.25) is 5.02 Å². The molecule has 0 aliphatic rings. The number of nitrogens with one attached hydrogen (secondary N) is 1. The number of carbonyl (C=O) groups excluding carboxylic acids is 2. The summed E-state index contributed by atoms with van der Waals surface area (Å²) < 4.78 is 0. The van der Waals surface area contributed by atoms with Crippen molar-refractivity contribution in [1.29, 1.82) is 0 Å². The van der Waals surface area contributed by atoms with Gasteiger partial charge in [-0.25, -0.2) is 0 Å². The minimum Gasteiger partial charge on any atom is -0.357 e. The Morgan fingerprint density at radius 2 is 1.73 bits per heavy atom. The Balaban J connectivity index is 2.19. The fourth-order valence-electron chi connectivity index (χ4n) is 2.97. The highest BCUT2D eigenvalue weighted by molar-refractivity contribution is 6.31. The van der Waals surface area contributed by atoms with Crippen LogP contribution in [-0.2, 0) is 22.4 Å². The molecular weight excluding hydrogens is 348 g/mol. The smallest absolute Gasteiger partial charge is 0.242 e. The van der Waals surface area contributed by atoms with Crippen molar-refractivity contribution in [3.05, 3.63) is 70.7 Å². The Bertz CT molecular complexity index is 734. The molecule has 0 saturated heterocycles. The largest absolute Gasteiger partial charge is 0.357 e. The molecule has 0 spiro atoms. The Labute approximate surface area is 160 Å². The number of hydrogen-bond acceptors (Lipinski definition) is 2. The van der Waals surface area contributed by atoms with Crippen LogP contribution >= 0.6 is 11.6 Å². The summed E-state index contributed by atoms with van der Waals surface area (Å²) in [6.07, 6.45) is 1.44. The van der Waals surface area contributed by atoms with Crippen molar-refractivity contribution in [1.82, 2.24) is 10.2 Å². The van der Waals surface area contributed by atoms with E-state index in [2.05, 4.69) is 5.32 Å². The maximum atomic E-state index is 13.0. The number of rotatable bonds is 8. The van der Waals surface area contributed by atoms with Gasteiger partial charge in [0.25, 0.3) is 0 Å². The topological polar surface area (TPSA) is 49.4 Å². The van der Waals surface area contributed by atoms with Crippen molar-refractivity contribution in [3.63, 3.8) is 0 Å². The molecule has 0 radical (unpaired) electrons. The van der Waals surface area contributed by atoms with E-state index in [1.165, 1.54) is 0 Å². The Morgan fingerprint density at radius 1 is 1.08 bits per heavy atom. The van der Waals surface area contributed by atoms with Crippen molar-refractivity contribution in [3.8, 4) is 0 Å². The van der Waals surface area contributed by atoms with Gasteiger partial charge in [-0.2, -0.15) is 0 Å². The SMILES string of the molecule is CCC(C(=O)NC)N(CCc1ccccc1)C(=O)Cc1ccccc1Cl. The number of benzene rings is 2. The van der Waals surface area contributed by atoms with Gasteiger partial charge in [0, 0.05) is 18.6 Å². The first kappa shape index (κ1) is 20.0. The van der Waals surface area contributed by atoms with Crippen LogP contribution < -0.4 is 5.32 Å². The maximum Gasteiger partial charge on any atom is 0.242 e. The number of hydrogen-bond donors (Lipinski definition) is 1. The Morgan fingerprint density at radius 3 is 2.35 bits per heavy atom. The van der Waals surface area contributed by atoms with E-state index in [0.717, 1.165) is 11.1 Å². The van der Waals surface area contributed by atoms with Gasteiger partial charge in [-0.05, 0) is 30.0 Å². The maximum absolute atomic E-state index is 13.0. The quantitative estimate of drug-likeness (QED) is 0.771. The molecule has 0 aromatic heterocycles. The number of carbonyl (C=O) groups is 2. The zero-order chi connectivity index (χ0) is 18.9. The predicted octanol–water partition coefficient (Wildman–Crippen LogP) is 3.48. The van der Waals surface area contributed by atoms with Gasteiger partial charge in [0.2, 0.25) is 11.8 Å². The third-order valence-electron chi connectivity index (χ3n) is 4.42. The molecule has 2 aromatic carbocycles. The zero-order valence-electron chi connectivity index (χ0n) is 15.2. The lowest BCUT2D eigenvalue weighted by Crippen LogP contribution is -2.49. The van der Waals surface area contributed by atoms with Crippen molar-refractivity contribution < 1.29 is 9.59 Å². The lowest BCUT2D eigenvalue weighted by atomic mass is 10.1. The van der Waals surface area contributed by atoms with Crippen LogP contribution in [0.3, 0.4) is 0 Å². The summed E-state index contributed by atoms with van der Waals surface area (Å²) in [5.41, 5.74) is 1.91. The van der Waals surface area contributed by atoms with Crippen LogP contribution in [0.25, 0.3) is 0 Å². The molecule has 0 bridgehead atoms. The van der Waals surface area contributed by atoms with Crippen LogP contribution in [0.1, 0.15) is 24.5 Å². The molecule has 0 heterocycles. The summed E-state index contributed by atoms with van der Waals surface area (Å²) in [7, 11) is 1.60. The predicted molar refractivity (Wildman–Crippen MR) is 105 cm³/mol. The van der Waals surface area contributed by atoms with Crippen LogP contribution in [0.15, 0.2) is 54.6 Å². The molecule has 0 fully saturated rings. The second kappa shape index (κ2) is 9.97. The molecule has 2 amide bonds. The summed E-state index contributed by atoms with van der Waals surface area (Å²) in [6.45, 7) is 2.40. The van der Waals surface area contributed by atoms with Crippen LogP contribution in [0, 0.1) is 0 Å². The number of likely N-dealkylation sites (N-methyl/N-ethyl adjacent to an activating group) is 1. The Kier molecular flexibility index (Phi) is 7.67. The summed E-state index contributed by atoms with van der Waals surface area (Å²) in [4.78, 5) is 27.0. The van der Waals surface area contributed by atoms with Crippen LogP contribution in [0.4, 0.5) is 0 Å². The van der Waals surface area contributed by atoms with E-state index >= 15 is 0 Å². The van der Waals surface area contributed by atoms with E-state index in [1.807, 2.05) is 55.5 Å². The van der Waals surface area contributed by atoms with Gasteiger partial charge in [-0.1, -0.05) is 67.1 Å². The van der Waals surface area contributed by atoms with E-state index in [-0.39, 0.29) is 18.2 Å². The van der Waals surface area contributed by atoms with Gasteiger partial charge < -0.3 is 10.2 Å². The van der Waals surface area contributed by atoms with E-state index < -0.39 is 6.04 Å². The summed E-state index contributed by atoms with van der Waals surface area (Å²) in [5.74, 6) is -0.238. The van der Waals surface area contributed by atoms with Crippen LogP contribution in [-0.4, -0.2) is 36.3 Å². The molecule has 1 atom stereocenters. The number of amides is 2. The van der Waals surface area contributed by atoms with E-state index in [9.17, 15) is 9.59 Å². The third kappa shape index (κ3) is 5.33. The first-order chi connectivity index (χ1) is 12.6. The molecule has 2 aromatic rings. The second-order valence-electron chi connectivity index (χ2n) is 6.13. The molecule has 2 rings (SSSR count). The highest BCUT2D eigenvalue weighted by Gasteiger charge is 2.27. The lowest BCUT2D eigenvalue weighted by Gasteiger charge is -2.30. The van der Waals surface area contributed by atoms with Gasteiger partial charge in [0.1, 0.15) is 6.04 Å². The molecule has 0 aliphatic carbocycles. The first-order valence-electron chi connectivity index (χ1n) is 8.85. The van der Waals surface area contributed by atoms with Crippen molar-refractivity contribution in [2.45, 2.75) is 32.2 Å². The van der Waals surface area contributed by atoms with Gasteiger partial charge in [0.05, 0.1) is 6.42 Å². The molecule has 4 nitrogen and oxygen atoms in total. The zero-order valence-corrected chi connectivity index (χ0v) is 16.0. The summed E-state index contributed by atoms with van der Waals surface area (Å²) in [5, 5.41) is 3.23. The van der Waals surface area contributed by atoms with Gasteiger partial charge in [-0.3, -0.25) is 9.59 Å². The monoisotopic (exact) mass is 372 g/mol. The van der Waals surface area contributed by atoms with E-state index in [1.54, 1.807) is 18.0 Å². The van der Waals surface area contributed by atoms with Gasteiger partial charge >= 0.3 is 0 Å². The summed E-state index contributed by atoms with van der Waals surface area (Å²) >= 11 is 6.20. The van der Waals surface area contributed by atoms with E-state index in [0.29, 0.717) is 24.4 Å². The van der Waals surface area contributed by atoms with E-state index in [4.69, 9.17) is 11.6 Å².